The average molecular weight is 244 g/mol. The Kier molecular flexibility index (Phi) is 5.35. The van der Waals surface area contributed by atoms with E-state index in [1.54, 1.807) is 24.3 Å². The molecule has 1 aromatic rings. The molecule has 0 atom stereocenters. The number of nitrogens with one attached hydrogen (secondary N) is 1. The third-order valence-electron chi connectivity index (χ3n) is 1.95. The van der Waals surface area contributed by atoms with Crippen LogP contribution in [-0.2, 0) is 11.3 Å². The average Bonchev–Trinajstić information content (AvgIpc) is 2.34. The minimum atomic E-state index is -2.50. The van der Waals surface area contributed by atoms with Gasteiger partial charge in [-0.2, -0.15) is 0 Å². The summed E-state index contributed by atoms with van der Waals surface area (Å²) in [4.78, 5) is 10.9. The first kappa shape index (κ1) is 13.4. The number of nitrogens with two attached hydrogens (primary N) is 1. The van der Waals surface area contributed by atoms with Gasteiger partial charge in [-0.25, -0.2) is 8.78 Å². The molecule has 1 aromatic carbocycles. The number of halogens is 2. The lowest BCUT2D eigenvalue weighted by atomic mass is 10.2. The quantitative estimate of drug-likeness (QED) is 0.781. The van der Waals surface area contributed by atoms with Crippen LogP contribution in [0.4, 0.5) is 8.78 Å². The number of rotatable bonds is 6. The molecule has 0 fully saturated rings. The fourth-order valence-corrected chi connectivity index (χ4v) is 1.18. The highest BCUT2D eigenvalue weighted by molar-refractivity contribution is 5.77. The molecule has 0 heterocycles. The van der Waals surface area contributed by atoms with Crippen LogP contribution >= 0.6 is 0 Å². The smallest absolute Gasteiger partial charge is 0.272 e. The minimum Gasteiger partial charge on any atom is -0.488 e. The van der Waals surface area contributed by atoms with E-state index in [1.807, 2.05) is 0 Å². The molecule has 1 rings (SSSR count). The van der Waals surface area contributed by atoms with Gasteiger partial charge < -0.3 is 15.8 Å². The van der Waals surface area contributed by atoms with Crippen LogP contribution in [0.3, 0.4) is 0 Å². The maximum atomic E-state index is 11.9. The van der Waals surface area contributed by atoms with Crippen LogP contribution < -0.4 is 15.8 Å². The number of amides is 1. The summed E-state index contributed by atoms with van der Waals surface area (Å²) in [6.45, 7) is -0.428. The molecule has 0 aliphatic rings. The highest BCUT2D eigenvalue weighted by Gasteiger charge is 2.04. The summed E-state index contributed by atoms with van der Waals surface area (Å²) in [5.41, 5.74) is 5.89. The maximum Gasteiger partial charge on any atom is 0.272 e. The summed E-state index contributed by atoms with van der Waals surface area (Å²) in [5.74, 6) is 0.0775. The van der Waals surface area contributed by atoms with Crippen molar-refractivity contribution >= 4 is 5.91 Å². The zero-order valence-electron chi connectivity index (χ0n) is 9.16. The van der Waals surface area contributed by atoms with E-state index in [0.717, 1.165) is 5.56 Å². The topological polar surface area (TPSA) is 64.4 Å². The van der Waals surface area contributed by atoms with E-state index in [9.17, 15) is 13.6 Å². The third kappa shape index (κ3) is 5.26. The molecule has 3 N–H and O–H groups in total. The lowest BCUT2D eigenvalue weighted by Crippen LogP contribution is -2.29. The predicted molar refractivity (Wildman–Crippen MR) is 58.8 cm³/mol. The molecule has 0 radical (unpaired) electrons. The van der Waals surface area contributed by atoms with Crippen molar-refractivity contribution in [2.24, 2.45) is 5.73 Å². The van der Waals surface area contributed by atoms with Crippen molar-refractivity contribution in [1.82, 2.24) is 5.32 Å². The van der Waals surface area contributed by atoms with Crippen LogP contribution in [-0.4, -0.2) is 25.5 Å². The van der Waals surface area contributed by atoms with Crippen molar-refractivity contribution in [3.05, 3.63) is 29.8 Å². The van der Waals surface area contributed by atoms with Gasteiger partial charge in [0.15, 0.2) is 0 Å². The fraction of sp³-hybridized carbons (Fsp3) is 0.364. The van der Waals surface area contributed by atoms with Crippen molar-refractivity contribution in [1.29, 1.82) is 0 Å². The zero-order valence-corrected chi connectivity index (χ0v) is 9.16. The van der Waals surface area contributed by atoms with Crippen LogP contribution in [0.15, 0.2) is 24.3 Å². The molecule has 0 spiro atoms. The number of carbonyl (C=O) groups is 1. The number of alkyl halides is 2. The summed E-state index contributed by atoms with van der Waals surface area (Å²) in [6.07, 6.45) is -2.50. The molecule has 1 amide bonds. The molecule has 0 bridgehead atoms. The monoisotopic (exact) mass is 244 g/mol. The Balaban J connectivity index is 2.50. The van der Waals surface area contributed by atoms with Gasteiger partial charge >= 0.3 is 0 Å². The van der Waals surface area contributed by atoms with Crippen molar-refractivity contribution in [2.75, 3.05) is 13.2 Å². The normalized spacial score (nSPS) is 10.4. The van der Waals surface area contributed by atoms with Crippen molar-refractivity contribution in [3.63, 3.8) is 0 Å². The predicted octanol–water partition coefficient (Wildman–Crippen LogP) is 0.905. The van der Waals surface area contributed by atoms with Gasteiger partial charge in [0.25, 0.3) is 6.43 Å². The second kappa shape index (κ2) is 6.80. The Morgan fingerprint density at radius 3 is 2.88 bits per heavy atom. The second-order valence-electron chi connectivity index (χ2n) is 3.33. The van der Waals surface area contributed by atoms with E-state index in [1.165, 1.54) is 0 Å². The van der Waals surface area contributed by atoms with Crippen molar-refractivity contribution < 1.29 is 18.3 Å². The highest BCUT2D eigenvalue weighted by atomic mass is 19.3. The Morgan fingerprint density at radius 2 is 2.24 bits per heavy atom. The molecular weight excluding hydrogens is 230 g/mol. The summed E-state index contributed by atoms with van der Waals surface area (Å²) in [6, 6.07) is 6.60. The summed E-state index contributed by atoms with van der Waals surface area (Å²) >= 11 is 0. The number of benzene rings is 1. The Hall–Kier alpha value is -1.69. The zero-order chi connectivity index (χ0) is 12.7. The van der Waals surface area contributed by atoms with Gasteiger partial charge in [0.2, 0.25) is 5.91 Å². The largest absolute Gasteiger partial charge is 0.488 e. The van der Waals surface area contributed by atoms with Gasteiger partial charge in [0.05, 0.1) is 6.54 Å². The van der Waals surface area contributed by atoms with Crippen LogP contribution in [0.2, 0.25) is 0 Å². The van der Waals surface area contributed by atoms with E-state index < -0.39 is 13.0 Å². The first-order chi connectivity index (χ1) is 8.11. The molecule has 0 aliphatic heterocycles. The van der Waals surface area contributed by atoms with Gasteiger partial charge in [0, 0.05) is 6.54 Å². The third-order valence-corrected chi connectivity index (χ3v) is 1.95. The Morgan fingerprint density at radius 1 is 1.47 bits per heavy atom. The number of hydrogen-bond donors (Lipinski definition) is 2. The van der Waals surface area contributed by atoms with Crippen LogP contribution in [0, 0.1) is 0 Å². The molecule has 0 saturated heterocycles. The molecule has 0 aromatic heterocycles. The van der Waals surface area contributed by atoms with E-state index in [-0.39, 0.29) is 12.5 Å². The van der Waals surface area contributed by atoms with Crippen LogP contribution in [0.1, 0.15) is 5.56 Å². The molecular formula is C11H14F2N2O2. The van der Waals surface area contributed by atoms with Crippen LogP contribution in [0.25, 0.3) is 0 Å². The van der Waals surface area contributed by atoms with E-state index in [0.29, 0.717) is 12.3 Å². The SMILES string of the molecule is NCC(=O)NCc1cccc(OCC(F)F)c1. The first-order valence-corrected chi connectivity index (χ1v) is 5.08. The van der Waals surface area contributed by atoms with Crippen molar-refractivity contribution in [2.45, 2.75) is 13.0 Å². The summed E-state index contributed by atoms with van der Waals surface area (Å²) < 4.78 is 28.7. The van der Waals surface area contributed by atoms with E-state index in [4.69, 9.17) is 10.5 Å². The fourth-order valence-electron chi connectivity index (χ4n) is 1.18. The minimum absolute atomic E-state index is 0.0818. The Labute approximate surface area is 97.8 Å². The van der Waals surface area contributed by atoms with Gasteiger partial charge in [-0.3, -0.25) is 4.79 Å². The lowest BCUT2D eigenvalue weighted by Gasteiger charge is -2.08. The second-order valence-corrected chi connectivity index (χ2v) is 3.33. The van der Waals surface area contributed by atoms with E-state index in [2.05, 4.69) is 5.32 Å². The maximum absolute atomic E-state index is 11.9. The molecule has 17 heavy (non-hydrogen) atoms. The van der Waals surface area contributed by atoms with Crippen LogP contribution in [0.5, 0.6) is 5.75 Å². The van der Waals surface area contributed by atoms with Crippen molar-refractivity contribution in [3.8, 4) is 5.75 Å². The number of carbonyl (C=O) groups excluding carboxylic acids is 1. The van der Waals surface area contributed by atoms with E-state index >= 15 is 0 Å². The molecule has 0 aliphatic carbocycles. The molecule has 4 nitrogen and oxygen atoms in total. The lowest BCUT2D eigenvalue weighted by molar-refractivity contribution is -0.119. The van der Waals surface area contributed by atoms with Gasteiger partial charge in [0.1, 0.15) is 12.4 Å². The number of ether oxygens (including phenoxy) is 1. The molecule has 0 saturated carbocycles. The van der Waals surface area contributed by atoms with Gasteiger partial charge in [-0.1, -0.05) is 12.1 Å². The standard InChI is InChI=1S/C11H14F2N2O2/c12-10(13)7-17-9-3-1-2-8(4-9)6-15-11(16)5-14/h1-4,10H,5-7,14H2,(H,15,16). The van der Waals surface area contributed by atoms with Gasteiger partial charge in [-0.15, -0.1) is 0 Å². The first-order valence-electron chi connectivity index (χ1n) is 5.08. The molecule has 94 valence electrons. The summed E-state index contributed by atoms with van der Waals surface area (Å²) in [5, 5.41) is 2.57. The van der Waals surface area contributed by atoms with Gasteiger partial charge in [-0.05, 0) is 17.7 Å². The molecule has 6 heteroatoms. The Bertz CT molecular complexity index is 372. The number of hydrogen-bond acceptors (Lipinski definition) is 3. The summed E-state index contributed by atoms with van der Waals surface area (Å²) in [7, 11) is 0. The molecule has 0 unspecified atom stereocenters. The highest BCUT2D eigenvalue weighted by Crippen LogP contribution is 2.14.